The highest BCUT2D eigenvalue weighted by molar-refractivity contribution is 7.09. The first-order valence-electron chi connectivity index (χ1n) is 6.53. The van der Waals surface area contributed by atoms with Crippen molar-refractivity contribution in [3.8, 4) is 0 Å². The first-order valence-corrected chi connectivity index (χ1v) is 7.41. The normalized spacial score (nSPS) is 30.8. The molecule has 0 aromatic carbocycles. The maximum absolute atomic E-state index is 12.4. The topological polar surface area (TPSA) is 53.4 Å². The van der Waals surface area contributed by atoms with Gasteiger partial charge in [-0.2, -0.15) is 0 Å². The quantitative estimate of drug-likeness (QED) is 0.882. The lowest BCUT2D eigenvalue weighted by molar-refractivity contribution is -0.136. The summed E-state index contributed by atoms with van der Waals surface area (Å²) in [6.07, 6.45) is 3.78. The van der Waals surface area contributed by atoms with Crippen LogP contribution in [0.25, 0.3) is 0 Å². The Balaban J connectivity index is 1.70. The first-order chi connectivity index (χ1) is 8.63. The van der Waals surface area contributed by atoms with Crippen molar-refractivity contribution < 1.29 is 9.90 Å². The van der Waals surface area contributed by atoms with E-state index in [1.807, 2.05) is 17.2 Å². The number of thiazole rings is 1. The van der Waals surface area contributed by atoms with Gasteiger partial charge in [-0.3, -0.25) is 4.79 Å². The molecule has 1 amide bonds. The van der Waals surface area contributed by atoms with Crippen LogP contribution in [0.3, 0.4) is 0 Å². The van der Waals surface area contributed by atoms with Gasteiger partial charge in [0.1, 0.15) is 0 Å². The molecule has 18 heavy (non-hydrogen) atoms. The van der Waals surface area contributed by atoms with Crippen molar-refractivity contribution >= 4 is 17.2 Å². The lowest BCUT2D eigenvalue weighted by Crippen LogP contribution is -2.48. The maximum atomic E-state index is 12.4. The number of carbonyl (C=O) groups excluding carboxylic acids is 1. The van der Waals surface area contributed by atoms with E-state index in [0.717, 1.165) is 36.4 Å². The van der Waals surface area contributed by atoms with Crippen LogP contribution in [0.5, 0.6) is 0 Å². The van der Waals surface area contributed by atoms with E-state index in [4.69, 9.17) is 0 Å². The molecule has 0 radical (unpaired) electrons. The number of hydrogen-bond donors (Lipinski definition) is 1. The molecule has 0 aliphatic carbocycles. The molecule has 98 valence electrons. The largest absolute Gasteiger partial charge is 0.393 e. The molecule has 2 atom stereocenters. The second-order valence-corrected chi connectivity index (χ2v) is 6.41. The lowest BCUT2D eigenvalue weighted by atomic mass is 9.99. The molecule has 2 fully saturated rings. The molecule has 2 unspecified atom stereocenters. The van der Waals surface area contributed by atoms with E-state index in [2.05, 4.69) is 4.98 Å². The molecule has 2 saturated heterocycles. The van der Waals surface area contributed by atoms with Gasteiger partial charge in [-0.15, -0.1) is 11.3 Å². The van der Waals surface area contributed by atoms with Gasteiger partial charge < -0.3 is 10.0 Å². The Morgan fingerprint density at radius 1 is 1.50 bits per heavy atom. The number of aromatic nitrogens is 1. The van der Waals surface area contributed by atoms with Gasteiger partial charge in [0, 0.05) is 17.5 Å². The van der Waals surface area contributed by atoms with Gasteiger partial charge >= 0.3 is 0 Å². The molecular formula is C13H18N2O2S. The van der Waals surface area contributed by atoms with Gasteiger partial charge in [-0.1, -0.05) is 0 Å². The summed E-state index contributed by atoms with van der Waals surface area (Å²) >= 11 is 1.59. The summed E-state index contributed by atoms with van der Waals surface area (Å²) in [5.74, 6) is 0.180. The number of amides is 1. The zero-order valence-corrected chi connectivity index (χ0v) is 11.3. The summed E-state index contributed by atoms with van der Waals surface area (Å²) in [4.78, 5) is 18.7. The highest BCUT2D eigenvalue weighted by Gasteiger charge is 2.42. The molecule has 3 rings (SSSR count). The van der Waals surface area contributed by atoms with Crippen molar-refractivity contribution in [2.75, 3.05) is 0 Å². The predicted molar refractivity (Wildman–Crippen MR) is 69.5 cm³/mol. The number of aliphatic hydroxyl groups excluding tert-OH is 1. The summed E-state index contributed by atoms with van der Waals surface area (Å²) < 4.78 is 0. The van der Waals surface area contributed by atoms with E-state index < -0.39 is 0 Å². The van der Waals surface area contributed by atoms with Crippen LogP contribution < -0.4 is 0 Å². The molecule has 2 aliphatic rings. The molecule has 2 bridgehead atoms. The Labute approximate surface area is 111 Å². The number of carbonyl (C=O) groups is 1. The minimum absolute atomic E-state index is 0.180. The Bertz CT molecular complexity index is 446. The monoisotopic (exact) mass is 266 g/mol. The Morgan fingerprint density at radius 2 is 2.17 bits per heavy atom. The van der Waals surface area contributed by atoms with E-state index in [0.29, 0.717) is 6.42 Å². The Kier molecular flexibility index (Phi) is 3.11. The fourth-order valence-corrected chi connectivity index (χ4v) is 3.90. The van der Waals surface area contributed by atoms with E-state index in [1.54, 1.807) is 11.3 Å². The third-order valence-electron chi connectivity index (χ3n) is 4.00. The molecule has 1 aromatic heterocycles. The molecule has 1 N–H and O–H groups in total. The van der Waals surface area contributed by atoms with Gasteiger partial charge in [0.25, 0.3) is 0 Å². The molecule has 1 aromatic rings. The van der Waals surface area contributed by atoms with Crippen molar-refractivity contribution in [3.05, 3.63) is 16.1 Å². The average molecular weight is 266 g/mol. The zero-order valence-electron chi connectivity index (χ0n) is 10.5. The average Bonchev–Trinajstić information content (AvgIpc) is 2.81. The van der Waals surface area contributed by atoms with Crippen molar-refractivity contribution in [1.82, 2.24) is 9.88 Å². The van der Waals surface area contributed by atoms with Gasteiger partial charge in [0.15, 0.2) is 0 Å². The first kappa shape index (κ1) is 12.1. The number of rotatable bonds is 2. The summed E-state index contributed by atoms with van der Waals surface area (Å²) in [5.41, 5.74) is 0.882. The molecule has 2 aliphatic heterocycles. The number of nitrogens with zero attached hydrogens (tertiary/aromatic N) is 2. The minimum atomic E-state index is -0.215. The minimum Gasteiger partial charge on any atom is -0.393 e. The van der Waals surface area contributed by atoms with E-state index in [-0.39, 0.29) is 24.1 Å². The van der Waals surface area contributed by atoms with Crippen LogP contribution in [-0.2, 0) is 11.2 Å². The second-order valence-electron chi connectivity index (χ2n) is 5.35. The molecule has 0 spiro atoms. The zero-order chi connectivity index (χ0) is 12.7. The number of piperidine rings is 1. The van der Waals surface area contributed by atoms with Gasteiger partial charge in [-0.25, -0.2) is 4.98 Å². The predicted octanol–water partition coefficient (Wildman–Crippen LogP) is 1.51. The highest BCUT2D eigenvalue weighted by atomic mass is 32.1. The molecule has 5 heteroatoms. The summed E-state index contributed by atoms with van der Waals surface area (Å²) in [6, 6.07) is 0.511. The molecule has 3 heterocycles. The Morgan fingerprint density at radius 3 is 2.72 bits per heavy atom. The highest BCUT2D eigenvalue weighted by Crippen LogP contribution is 2.36. The van der Waals surface area contributed by atoms with Crippen molar-refractivity contribution in [1.29, 1.82) is 0 Å². The lowest BCUT2D eigenvalue weighted by Gasteiger charge is -2.37. The molecule has 4 nitrogen and oxygen atoms in total. The van der Waals surface area contributed by atoms with Crippen LogP contribution in [0.15, 0.2) is 5.38 Å². The fourth-order valence-electron chi connectivity index (χ4n) is 3.29. The van der Waals surface area contributed by atoms with E-state index >= 15 is 0 Å². The third-order valence-corrected chi connectivity index (χ3v) is 4.82. The number of aryl methyl sites for hydroxylation is 1. The Hall–Kier alpha value is -0.940. The van der Waals surface area contributed by atoms with Crippen LogP contribution in [0.4, 0.5) is 0 Å². The van der Waals surface area contributed by atoms with Gasteiger partial charge in [0.05, 0.1) is 23.2 Å². The van der Waals surface area contributed by atoms with Crippen LogP contribution in [-0.4, -0.2) is 39.1 Å². The van der Waals surface area contributed by atoms with Crippen LogP contribution in [0.2, 0.25) is 0 Å². The number of hydrogen-bond acceptors (Lipinski definition) is 4. The van der Waals surface area contributed by atoms with E-state index in [1.165, 1.54) is 0 Å². The number of fused-ring (bicyclic) bond motifs is 2. The SMILES string of the molecule is Cc1nc(CC(=O)N2C3CCC2CC(O)C3)cs1. The maximum Gasteiger partial charge on any atom is 0.229 e. The van der Waals surface area contributed by atoms with E-state index in [9.17, 15) is 9.90 Å². The smallest absolute Gasteiger partial charge is 0.229 e. The summed E-state index contributed by atoms with van der Waals surface area (Å²) in [5, 5.41) is 12.7. The standard InChI is InChI=1S/C13H18N2O2S/c1-8-14-9(7-18-8)4-13(17)15-10-2-3-11(15)6-12(16)5-10/h7,10-12,16H,2-6H2,1H3. The molecular weight excluding hydrogens is 248 g/mol. The van der Waals surface area contributed by atoms with Crippen molar-refractivity contribution in [2.24, 2.45) is 0 Å². The summed E-state index contributed by atoms with van der Waals surface area (Å²) in [7, 11) is 0. The molecule has 0 saturated carbocycles. The van der Waals surface area contributed by atoms with Crippen LogP contribution in [0, 0.1) is 6.92 Å². The fraction of sp³-hybridized carbons (Fsp3) is 0.692. The summed E-state index contributed by atoms with van der Waals surface area (Å²) in [6.45, 7) is 1.96. The van der Waals surface area contributed by atoms with Crippen LogP contribution >= 0.6 is 11.3 Å². The van der Waals surface area contributed by atoms with Crippen molar-refractivity contribution in [3.63, 3.8) is 0 Å². The van der Waals surface area contributed by atoms with Crippen LogP contribution in [0.1, 0.15) is 36.4 Å². The van der Waals surface area contributed by atoms with Gasteiger partial charge in [-0.05, 0) is 32.6 Å². The third kappa shape index (κ3) is 2.17. The van der Waals surface area contributed by atoms with Crippen molar-refractivity contribution in [2.45, 2.75) is 57.2 Å². The second kappa shape index (κ2) is 4.63. The number of aliphatic hydroxyl groups is 1. The van der Waals surface area contributed by atoms with Gasteiger partial charge in [0.2, 0.25) is 5.91 Å².